The van der Waals surface area contributed by atoms with Crippen LogP contribution in [-0.4, -0.2) is 43.5 Å². The minimum atomic E-state index is -1.27. The van der Waals surface area contributed by atoms with Crippen molar-refractivity contribution in [2.75, 3.05) is 6.61 Å². The fraction of sp³-hybridized carbons (Fsp3) is 0.238. The summed E-state index contributed by atoms with van der Waals surface area (Å²) in [6.45, 7) is 1.36. The number of carbonyl (C=O) groups excluding carboxylic acids is 1. The van der Waals surface area contributed by atoms with Crippen molar-refractivity contribution in [3.8, 4) is 5.75 Å². The van der Waals surface area contributed by atoms with E-state index in [2.05, 4.69) is 10.4 Å². The molecule has 1 amide bonds. The summed E-state index contributed by atoms with van der Waals surface area (Å²) in [4.78, 5) is 22.7. The molecular formula is C21H21ClN4O6. The van der Waals surface area contributed by atoms with E-state index in [0.717, 1.165) is 5.56 Å². The number of aliphatic hydroxyl groups excluding tert-OH is 2. The van der Waals surface area contributed by atoms with Crippen LogP contribution in [0.1, 0.15) is 27.7 Å². The number of benzene rings is 2. The summed E-state index contributed by atoms with van der Waals surface area (Å²) in [5.74, 6) is -0.00827. The van der Waals surface area contributed by atoms with E-state index in [4.69, 9.17) is 16.3 Å². The van der Waals surface area contributed by atoms with E-state index < -0.39 is 29.6 Å². The van der Waals surface area contributed by atoms with Gasteiger partial charge < -0.3 is 20.3 Å². The Bertz CT molecular complexity index is 1100. The first-order chi connectivity index (χ1) is 15.3. The van der Waals surface area contributed by atoms with Crippen LogP contribution in [0, 0.1) is 17.0 Å². The van der Waals surface area contributed by atoms with Gasteiger partial charge in [-0.3, -0.25) is 14.9 Å². The number of nitro groups is 1. The standard InChI is InChI=1S/C21H21ClN4O6/c1-13-10-16(6-7-17(13)22)32-12-25-9-8-18(24-25)21(29)23-19(11-27)20(28)14-2-4-15(5-3-14)26(30)31/h2-10,19-20,27-28H,11-12H2,1H3,(H,23,29). The molecular weight excluding hydrogens is 440 g/mol. The Hall–Kier alpha value is -3.47. The molecule has 1 heterocycles. The summed E-state index contributed by atoms with van der Waals surface area (Å²) >= 11 is 5.99. The minimum Gasteiger partial charge on any atom is -0.471 e. The van der Waals surface area contributed by atoms with Crippen LogP contribution in [0.25, 0.3) is 0 Å². The summed E-state index contributed by atoms with van der Waals surface area (Å²) < 4.78 is 7.04. The number of rotatable bonds is 9. The number of halogens is 1. The number of nitro benzene ring substituents is 1. The van der Waals surface area contributed by atoms with Gasteiger partial charge in [-0.25, -0.2) is 4.68 Å². The molecule has 3 rings (SSSR count). The molecule has 0 aliphatic carbocycles. The molecule has 10 nitrogen and oxygen atoms in total. The zero-order chi connectivity index (χ0) is 23.3. The van der Waals surface area contributed by atoms with Crippen molar-refractivity contribution in [2.24, 2.45) is 0 Å². The average Bonchev–Trinajstić information content (AvgIpc) is 3.27. The second-order valence-corrected chi connectivity index (χ2v) is 7.39. The predicted molar refractivity (Wildman–Crippen MR) is 115 cm³/mol. The molecule has 3 aromatic rings. The van der Waals surface area contributed by atoms with Gasteiger partial charge in [-0.15, -0.1) is 0 Å². The lowest BCUT2D eigenvalue weighted by Gasteiger charge is -2.22. The molecule has 0 saturated carbocycles. The predicted octanol–water partition coefficient (Wildman–Crippen LogP) is 2.61. The molecule has 0 bridgehead atoms. The van der Waals surface area contributed by atoms with Gasteiger partial charge in [-0.1, -0.05) is 11.6 Å². The van der Waals surface area contributed by atoms with Crippen LogP contribution in [0.2, 0.25) is 5.02 Å². The number of ether oxygens (including phenoxy) is 1. The molecule has 11 heteroatoms. The number of carbonyl (C=O) groups is 1. The Morgan fingerprint density at radius 1 is 1.28 bits per heavy atom. The summed E-state index contributed by atoms with van der Waals surface area (Å²) in [5, 5.41) is 38.1. The summed E-state index contributed by atoms with van der Waals surface area (Å²) in [6, 6.07) is 10.9. The van der Waals surface area contributed by atoms with Crippen LogP contribution in [0.3, 0.4) is 0 Å². The van der Waals surface area contributed by atoms with Gasteiger partial charge >= 0.3 is 0 Å². The first kappa shape index (κ1) is 23.2. The van der Waals surface area contributed by atoms with Crippen LogP contribution >= 0.6 is 11.6 Å². The molecule has 2 atom stereocenters. The van der Waals surface area contributed by atoms with Crippen LogP contribution in [0.4, 0.5) is 5.69 Å². The van der Waals surface area contributed by atoms with Crippen molar-refractivity contribution < 1.29 is 24.7 Å². The molecule has 2 unspecified atom stereocenters. The Balaban J connectivity index is 1.60. The molecule has 32 heavy (non-hydrogen) atoms. The number of non-ortho nitro benzene ring substituents is 1. The van der Waals surface area contributed by atoms with Crippen molar-refractivity contribution in [1.29, 1.82) is 0 Å². The summed E-state index contributed by atoms with van der Waals surface area (Å²) in [5.41, 5.74) is 1.11. The molecule has 0 radical (unpaired) electrons. The van der Waals surface area contributed by atoms with E-state index in [9.17, 15) is 25.1 Å². The minimum absolute atomic E-state index is 0.0587. The van der Waals surface area contributed by atoms with E-state index in [1.54, 1.807) is 24.4 Å². The maximum Gasteiger partial charge on any atom is 0.272 e. The van der Waals surface area contributed by atoms with Crippen LogP contribution in [-0.2, 0) is 6.73 Å². The third-order valence-electron chi connectivity index (χ3n) is 4.71. The van der Waals surface area contributed by atoms with Crippen molar-refractivity contribution >= 4 is 23.2 Å². The number of aryl methyl sites for hydroxylation is 1. The number of hydrogen-bond acceptors (Lipinski definition) is 7. The third kappa shape index (κ3) is 5.61. The maximum atomic E-state index is 12.5. The van der Waals surface area contributed by atoms with Gasteiger partial charge in [0.05, 0.1) is 17.6 Å². The van der Waals surface area contributed by atoms with Gasteiger partial charge in [0.25, 0.3) is 11.6 Å². The topological polar surface area (TPSA) is 140 Å². The van der Waals surface area contributed by atoms with Gasteiger partial charge in [0.1, 0.15) is 17.5 Å². The van der Waals surface area contributed by atoms with Gasteiger partial charge in [-0.2, -0.15) is 5.10 Å². The zero-order valence-corrected chi connectivity index (χ0v) is 17.8. The van der Waals surface area contributed by atoms with Crippen molar-refractivity contribution in [3.63, 3.8) is 0 Å². The SMILES string of the molecule is Cc1cc(OCn2ccc(C(=O)NC(CO)C(O)c3ccc([N+](=O)[O-])cc3)n2)ccc1Cl. The number of aromatic nitrogens is 2. The highest BCUT2D eigenvalue weighted by atomic mass is 35.5. The van der Waals surface area contributed by atoms with E-state index in [-0.39, 0.29) is 18.1 Å². The highest BCUT2D eigenvalue weighted by Gasteiger charge is 2.24. The number of nitrogens with zero attached hydrogens (tertiary/aromatic N) is 3. The highest BCUT2D eigenvalue weighted by Crippen LogP contribution is 2.22. The Morgan fingerprint density at radius 3 is 2.62 bits per heavy atom. The molecule has 0 spiro atoms. The molecule has 0 fully saturated rings. The normalized spacial score (nSPS) is 12.8. The van der Waals surface area contributed by atoms with Crippen molar-refractivity contribution in [1.82, 2.24) is 15.1 Å². The Kier molecular flexibility index (Phi) is 7.41. The second-order valence-electron chi connectivity index (χ2n) is 6.98. The van der Waals surface area contributed by atoms with Crippen LogP contribution < -0.4 is 10.1 Å². The third-order valence-corrected chi connectivity index (χ3v) is 5.13. The molecule has 0 aliphatic heterocycles. The first-order valence-electron chi connectivity index (χ1n) is 9.55. The monoisotopic (exact) mass is 460 g/mol. The van der Waals surface area contributed by atoms with Crippen molar-refractivity contribution in [3.05, 3.63) is 86.7 Å². The number of nitrogens with one attached hydrogen (secondary N) is 1. The first-order valence-corrected chi connectivity index (χ1v) is 9.93. The summed E-state index contributed by atoms with van der Waals surface area (Å²) in [7, 11) is 0. The smallest absolute Gasteiger partial charge is 0.272 e. The maximum absolute atomic E-state index is 12.5. The Morgan fingerprint density at radius 2 is 2.00 bits per heavy atom. The van der Waals surface area contributed by atoms with Gasteiger partial charge in [0.15, 0.2) is 6.73 Å². The number of aliphatic hydroxyl groups is 2. The van der Waals surface area contributed by atoms with E-state index in [1.807, 2.05) is 6.92 Å². The molecule has 0 aliphatic rings. The Labute approximate surface area is 188 Å². The lowest BCUT2D eigenvalue weighted by atomic mass is 10.0. The number of hydrogen-bond donors (Lipinski definition) is 3. The largest absolute Gasteiger partial charge is 0.471 e. The van der Waals surface area contributed by atoms with Gasteiger partial charge in [0, 0.05) is 23.4 Å². The molecule has 168 valence electrons. The summed E-state index contributed by atoms with van der Waals surface area (Å²) in [6.07, 6.45) is 0.279. The van der Waals surface area contributed by atoms with E-state index in [0.29, 0.717) is 16.3 Å². The molecule has 1 aromatic heterocycles. The lowest BCUT2D eigenvalue weighted by Crippen LogP contribution is -2.42. The van der Waals surface area contributed by atoms with E-state index >= 15 is 0 Å². The number of amides is 1. The van der Waals surface area contributed by atoms with Gasteiger partial charge in [-0.05, 0) is 54.4 Å². The van der Waals surface area contributed by atoms with Crippen LogP contribution in [0.5, 0.6) is 5.75 Å². The molecule has 2 aromatic carbocycles. The van der Waals surface area contributed by atoms with Crippen molar-refractivity contribution in [2.45, 2.75) is 25.8 Å². The fourth-order valence-electron chi connectivity index (χ4n) is 2.89. The quantitative estimate of drug-likeness (QED) is 0.329. The lowest BCUT2D eigenvalue weighted by molar-refractivity contribution is -0.384. The molecule has 3 N–H and O–H groups in total. The van der Waals surface area contributed by atoms with Crippen LogP contribution in [0.15, 0.2) is 54.7 Å². The fourth-order valence-corrected chi connectivity index (χ4v) is 3.01. The average molecular weight is 461 g/mol. The molecule has 0 saturated heterocycles. The second kappa shape index (κ2) is 10.2. The highest BCUT2D eigenvalue weighted by molar-refractivity contribution is 6.31. The van der Waals surface area contributed by atoms with Gasteiger partial charge in [0.2, 0.25) is 0 Å². The van der Waals surface area contributed by atoms with E-state index in [1.165, 1.54) is 35.0 Å². The zero-order valence-electron chi connectivity index (χ0n) is 17.0.